The van der Waals surface area contributed by atoms with Crippen molar-refractivity contribution in [3.05, 3.63) is 0 Å². The minimum Gasteiger partial charge on any atom is -0.368 e. The quantitative estimate of drug-likeness (QED) is 0.607. The van der Waals surface area contributed by atoms with Gasteiger partial charge in [0.15, 0.2) is 0 Å². The first-order valence-electron chi connectivity index (χ1n) is 3.05. The van der Waals surface area contributed by atoms with Crippen LogP contribution in [0, 0.1) is 0 Å². The average molecular weight is 217 g/mol. The van der Waals surface area contributed by atoms with Gasteiger partial charge in [-0.2, -0.15) is 0 Å². The summed E-state index contributed by atoms with van der Waals surface area (Å²) >= 11 is 0. The van der Waals surface area contributed by atoms with Crippen LogP contribution >= 0.6 is 12.4 Å². The molecule has 1 unspecified atom stereocenters. The smallest absolute Gasteiger partial charge is 0.234 e. The molecule has 4 N–H and O–H groups in total. The van der Waals surface area contributed by atoms with Crippen molar-refractivity contribution in [3.8, 4) is 0 Å². The van der Waals surface area contributed by atoms with Crippen molar-refractivity contribution >= 4 is 28.2 Å². The van der Waals surface area contributed by atoms with Gasteiger partial charge in [0, 0.05) is 6.26 Å². The topological polar surface area (TPSA) is 103 Å². The number of rotatable bonds is 4. The van der Waals surface area contributed by atoms with Crippen LogP contribution in [0.5, 0.6) is 0 Å². The van der Waals surface area contributed by atoms with Gasteiger partial charge in [-0.05, 0) is 6.42 Å². The van der Waals surface area contributed by atoms with Crippen molar-refractivity contribution < 1.29 is 13.2 Å². The van der Waals surface area contributed by atoms with Crippen LogP contribution in [0.3, 0.4) is 0 Å². The Hall–Kier alpha value is -0.330. The highest BCUT2D eigenvalue weighted by Gasteiger charge is 2.11. The van der Waals surface area contributed by atoms with Crippen molar-refractivity contribution in [2.24, 2.45) is 11.5 Å². The molecular formula is C5H13ClN2O3S. The van der Waals surface area contributed by atoms with Crippen molar-refractivity contribution in [1.29, 1.82) is 0 Å². The van der Waals surface area contributed by atoms with Gasteiger partial charge in [0.25, 0.3) is 0 Å². The molecule has 74 valence electrons. The first-order valence-corrected chi connectivity index (χ1v) is 5.11. The maximum atomic E-state index is 10.6. The van der Waals surface area contributed by atoms with Gasteiger partial charge in [0.05, 0.1) is 11.8 Å². The summed E-state index contributed by atoms with van der Waals surface area (Å²) in [6.45, 7) is 0. The Bertz CT molecular complexity index is 239. The maximum absolute atomic E-state index is 10.6. The summed E-state index contributed by atoms with van der Waals surface area (Å²) in [5.74, 6) is -0.773. The highest BCUT2D eigenvalue weighted by atomic mass is 35.5. The van der Waals surface area contributed by atoms with E-state index in [-0.39, 0.29) is 24.6 Å². The second kappa shape index (κ2) is 5.34. The van der Waals surface area contributed by atoms with E-state index in [2.05, 4.69) is 0 Å². The van der Waals surface area contributed by atoms with Gasteiger partial charge in [0.2, 0.25) is 5.91 Å². The summed E-state index contributed by atoms with van der Waals surface area (Å²) < 4.78 is 21.1. The summed E-state index contributed by atoms with van der Waals surface area (Å²) in [5, 5.41) is 0. The number of primary amides is 1. The average Bonchev–Trinajstić information content (AvgIpc) is 1.80. The number of halogens is 1. The van der Waals surface area contributed by atoms with Crippen LogP contribution in [0.2, 0.25) is 0 Å². The number of carbonyl (C=O) groups excluding carboxylic acids is 1. The van der Waals surface area contributed by atoms with Gasteiger partial charge in [-0.3, -0.25) is 4.79 Å². The third-order valence-electron chi connectivity index (χ3n) is 1.17. The molecule has 5 nitrogen and oxygen atoms in total. The molecule has 1 amide bonds. The highest BCUT2D eigenvalue weighted by molar-refractivity contribution is 7.90. The fourth-order valence-electron chi connectivity index (χ4n) is 0.483. The maximum Gasteiger partial charge on any atom is 0.234 e. The number of hydrogen-bond acceptors (Lipinski definition) is 4. The van der Waals surface area contributed by atoms with Gasteiger partial charge >= 0.3 is 0 Å². The zero-order chi connectivity index (χ0) is 9.07. The molecule has 7 heteroatoms. The van der Waals surface area contributed by atoms with Crippen molar-refractivity contribution in [2.75, 3.05) is 12.0 Å². The van der Waals surface area contributed by atoms with E-state index >= 15 is 0 Å². The van der Waals surface area contributed by atoms with Crippen LogP contribution in [-0.4, -0.2) is 32.4 Å². The van der Waals surface area contributed by atoms with Crippen LogP contribution in [0.15, 0.2) is 0 Å². The molecule has 0 radical (unpaired) electrons. The van der Waals surface area contributed by atoms with Crippen LogP contribution in [-0.2, 0) is 14.6 Å². The van der Waals surface area contributed by atoms with E-state index in [0.29, 0.717) is 0 Å². The highest BCUT2D eigenvalue weighted by Crippen LogP contribution is 1.92. The van der Waals surface area contributed by atoms with Crippen LogP contribution in [0.4, 0.5) is 0 Å². The van der Waals surface area contributed by atoms with E-state index in [1.54, 1.807) is 0 Å². The molecule has 0 aromatic heterocycles. The lowest BCUT2D eigenvalue weighted by molar-refractivity contribution is -0.119. The Morgan fingerprint density at radius 1 is 1.50 bits per heavy atom. The molecule has 1 atom stereocenters. The Morgan fingerprint density at radius 2 is 1.92 bits per heavy atom. The molecule has 0 rings (SSSR count). The molecule has 0 spiro atoms. The largest absolute Gasteiger partial charge is 0.368 e. The molecule has 0 saturated carbocycles. The minimum absolute atomic E-state index is 0. The zero-order valence-electron chi connectivity index (χ0n) is 6.69. The summed E-state index contributed by atoms with van der Waals surface area (Å²) in [4.78, 5) is 10.3. The lowest BCUT2D eigenvalue weighted by Gasteiger charge is -2.04. The van der Waals surface area contributed by atoms with E-state index in [0.717, 1.165) is 6.26 Å². The number of hydrogen-bond donors (Lipinski definition) is 2. The second-order valence-corrected chi connectivity index (χ2v) is 4.69. The predicted octanol–water partition coefficient (Wildman–Crippen LogP) is -1.34. The molecule has 0 heterocycles. The molecule has 0 bridgehead atoms. The van der Waals surface area contributed by atoms with Gasteiger partial charge in [-0.25, -0.2) is 8.42 Å². The molecule has 0 aromatic rings. The fourth-order valence-corrected chi connectivity index (χ4v) is 1.17. The molecule has 0 aliphatic heterocycles. The third kappa shape index (κ3) is 7.77. The summed E-state index contributed by atoms with van der Waals surface area (Å²) in [5.41, 5.74) is 9.99. The molecule has 0 aromatic carbocycles. The summed E-state index contributed by atoms with van der Waals surface area (Å²) in [7, 11) is -3.04. The van der Waals surface area contributed by atoms with E-state index in [1.165, 1.54) is 0 Å². The number of amides is 1. The van der Waals surface area contributed by atoms with Crippen LogP contribution < -0.4 is 11.5 Å². The standard InChI is InChI=1S/C5H12N2O3S.ClH/c1-11(9,10)3-2-4(6)5(7)8;/h4H,2-3,6H2,1H3,(H2,7,8);1H. The van der Waals surface area contributed by atoms with E-state index in [1.807, 2.05) is 0 Å². The van der Waals surface area contributed by atoms with Crippen LogP contribution in [0.1, 0.15) is 6.42 Å². The Labute approximate surface area is 77.8 Å². The van der Waals surface area contributed by atoms with E-state index in [9.17, 15) is 13.2 Å². The molecule has 0 saturated heterocycles. The normalized spacial score (nSPS) is 13.2. The second-order valence-electron chi connectivity index (χ2n) is 2.43. The predicted molar refractivity (Wildman–Crippen MR) is 48.7 cm³/mol. The number of nitrogens with two attached hydrogens (primary N) is 2. The van der Waals surface area contributed by atoms with Crippen molar-refractivity contribution in [1.82, 2.24) is 0 Å². The third-order valence-corrected chi connectivity index (χ3v) is 2.14. The van der Waals surface area contributed by atoms with Gasteiger partial charge in [0.1, 0.15) is 9.84 Å². The van der Waals surface area contributed by atoms with Gasteiger partial charge in [-0.1, -0.05) is 0 Å². The lowest BCUT2D eigenvalue weighted by Crippen LogP contribution is -2.37. The molecule has 12 heavy (non-hydrogen) atoms. The van der Waals surface area contributed by atoms with E-state index < -0.39 is 21.8 Å². The minimum atomic E-state index is -3.04. The first kappa shape index (κ1) is 14.2. The summed E-state index contributed by atoms with van der Waals surface area (Å²) in [6.07, 6.45) is 1.18. The number of carbonyl (C=O) groups is 1. The molecule has 0 aliphatic rings. The SMILES string of the molecule is CS(=O)(=O)CCC(N)C(N)=O.Cl. The Balaban J connectivity index is 0. The van der Waals surface area contributed by atoms with Crippen molar-refractivity contribution in [2.45, 2.75) is 12.5 Å². The Kier molecular flexibility index (Phi) is 6.32. The Morgan fingerprint density at radius 3 is 2.17 bits per heavy atom. The van der Waals surface area contributed by atoms with Gasteiger partial charge < -0.3 is 11.5 Å². The van der Waals surface area contributed by atoms with Crippen LogP contribution in [0.25, 0.3) is 0 Å². The summed E-state index contributed by atoms with van der Waals surface area (Å²) in [6, 6.07) is -0.857. The number of sulfone groups is 1. The monoisotopic (exact) mass is 216 g/mol. The molecule has 0 fully saturated rings. The fraction of sp³-hybridized carbons (Fsp3) is 0.800. The van der Waals surface area contributed by atoms with Crippen molar-refractivity contribution in [3.63, 3.8) is 0 Å². The zero-order valence-corrected chi connectivity index (χ0v) is 8.32. The molecule has 0 aliphatic carbocycles. The first-order chi connectivity index (χ1) is 4.83. The van der Waals surface area contributed by atoms with E-state index in [4.69, 9.17) is 11.5 Å². The molecular weight excluding hydrogens is 204 g/mol. The van der Waals surface area contributed by atoms with Gasteiger partial charge in [-0.15, -0.1) is 12.4 Å². The lowest BCUT2D eigenvalue weighted by atomic mass is 10.2.